The molecule has 0 saturated heterocycles. The molecule has 0 atom stereocenters. The van der Waals surface area contributed by atoms with Gasteiger partial charge in [0.2, 0.25) is 5.91 Å². The van der Waals surface area contributed by atoms with Crippen molar-refractivity contribution in [3.8, 4) is 0 Å². The van der Waals surface area contributed by atoms with Gasteiger partial charge in [0.25, 0.3) is 5.91 Å². The predicted molar refractivity (Wildman–Crippen MR) is 114 cm³/mol. The van der Waals surface area contributed by atoms with Crippen molar-refractivity contribution in [2.24, 2.45) is 7.05 Å². The van der Waals surface area contributed by atoms with Crippen LogP contribution in [0.3, 0.4) is 0 Å². The summed E-state index contributed by atoms with van der Waals surface area (Å²) in [5, 5.41) is 7.07. The van der Waals surface area contributed by atoms with Crippen LogP contribution in [0.4, 0.5) is 5.69 Å². The lowest BCUT2D eigenvalue weighted by atomic mass is 10.3. The monoisotopic (exact) mass is 417 g/mol. The van der Waals surface area contributed by atoms with E-state index in [0.717, 1.165) is 20.3 Å². The van der Waals surface area contributed by atoms with E-state index in [-0.39, 0.29) is 11.8 Å². The number of carbonyl (C=O) groups is 2. The van der Waals surface area contributed by atoms with Crippen molar-refractivity contribution in [3.05, 3.63) is 35.7 Å². The average Bonchev–Trinajstić information content (AvgIpc) is 3.23. The molecule has 7 nitrogen and oxygen atoms in total. The maximum atomic E-state index is 12.4. The Morgan fingerprint density at radius 3 is 2.64 bits per heavy atom. The van der Waals surface area contributed by atoms with Crippen molar-refractivity contribution in [2.75, 3.05) is 24.2 Å². The molecule has 0 spiro atoms. The first-order valence-electron chi connectivity index (χ1n) is 9.04. The number of hydrogen-bond acceptors (Lipinski definition) is 6. The number of nitrogens with zero attached hydrogens (tertiary/aromatic N) is 4. The summed E-state index contributed by atoms with van der Waals surface area (Å²) in [6.45, 7) is 7.29. The molecule has 9 heteroatoms. The highest BCUT2D eigenvalue weighted by Gasteiger charge is 2.14. The van der Waals surface area contributed by atoms with E-state index < -0.39 is 0 Å². The summed E-state index contributed by atoms with van der Waals surface area (Å²) in [6.07, 6.45) is 0. The second kappa shape index (κ2) is 8.74. The van der Waals surface area contributed by atoms with Gasteiger partial charge in [-0.05, 0) is 45.0 Å². The molecule has 28 heavy (non-hydrogen) atoms. The largest absolute Gasteiger partial charge is 0.343 e. The number of nitrogens with one attached hydrogen (secondary N) is 1. The number of rotatable bonds is 7. The van der Waals surface area contributed by atoms with Crippen LogP contribution in [0, 0.1) is 6.92 Å². The molecule has 3 rings (SSSR count). The third-order valence-electron chi connectivity index (χ3n) is 4.41. The standard InChI is InChI=1S/C19H23N5O2S2/c1-5-24(6-2)17(25)11-27-19-21-14-8-7-13(10-16(14)28-19)20-18(26)15-9-12(3)23(4)22-15/h7-10H,5-6,11H2,1-4H3,(H,20,26). The zero-order valence-electron chi connectivity index (χ0n) is 16.4. The van der Waals surface area contributed by atoms with Crippen molar-refractivity contribution in [1.82, 2.24) is 19.7 Å². The summed E-state index contributed by atoms with van der Waals surface area (Å²) >= 11 is 2.97. The van der Waals surface area contributed by atoms with Crippen molar-refractivity contribution in [3.63, 3.8) is 0 Å². The van der Waals surface area contributed by atoms with Gasteiger partial charge in [-0.1, -0.05) is 11.8 Å². The number of benzene rings is 1. The van der Waals surface area contributed by atoms with Gasteiger partial charge in [-0.15, -0.1) is 11.3 Å². The van der Waals surface area contributed by atoms with Crippen LogP contribution in [0.5, 0.6) is 0 Å². The van der Waals surface area contributed by atoms with E-state index in [4.69, 9.17) is 0 Å². The van der Waals surface area contributed by atoms with Crippen molar-refractivity contribution in [2.45, 2.75) is 25.1 Å². The maximum Gasteiger partial charge on any atom is 0.276 e. The van der Waals surface area contributed by atoms with E-state index >= 15 is 0 Å². The Labute approximate surface area is 172 Å². The molecule has 0 aliphatic rings. The van der Waals surface area contributed by atoms with Gasteiger partial charge in [0, 0.05) is 31.5 Å². The van der Waals surface area contributed by atoms with Gasteiger partial charge in [-0.25, -0.2) is 4.98 Å². The molecule has 148 valence electrons. The van der Waals surface area contributed by atoms with E-state index in [1.54, 1.807) is 17.8 Å². The van der Waals surface area contributed by atoms with Crippen molar-refractivity contribution < 1.29 is 9.59 Å². The Bertz CT molecular complexity index is 988. The second-order valence-electron chi connectivity index (χ2n) is 6.27. The highest BCUT2D eigenvalue weighted by molar-refractivity contribution is 8.01. The zero-order valence-corrected chi connectivity index (χ0v) is 18.0. The number of fused-ring (bicyclic) bond motifs is 1. The first-order valence-corrected chi connectivity index (χ1v) is 10.8. The molecule has 0 bridgehead atoms. The number of thiazole rings is 1. The molecule has 0 aliphatic carbocycles. The summed E-state index contributed by atoms with van der Waals surface area (Å²) < 4.78 is 3.48. The average molecular weight is 418 g/mol. The molecular weight excluding hydrogens is 394 g/mol. The third kappa shape index (κ3) is 4.53. The lowest BCUT2D eigenvalue weighted by molar-refractivity contribution is -0.127. The summed E-state index contributed by atoms with van der Waals surface area (Å²) in [5.74, 6) is 0.254. The van der Waals surface area contributed by atoms with Crippen LogP contribution >= 0.6 is 23.1 Å². The van der Waals surface area contributed by atoms with Crippen molar-refractivity contribution in [1.29, 1.82) is 0 Å². The van der Waals surface area contributed by atoms with Gasteiger partial charge in [-0.3, -0.25) is 14.3 Å². The van der Waals surface area contributed by atoms with Gasteiger partial charge in [0.05, 0.1) is 16.0 Å². The van der Waals surface area contributed by atoms with E-state index in [1.165, 1.54) is 23.1 Å². The third-order valence-corrected chi connectivity index (χ3v) is 6.55. The van der Waals surface area contributed by atoms with Crippen LogP contribution in [0.1, 0.15) is 30.0 Å². The maximum absolute atomic E-state index is 12.4. The van der Waals surface area contributed by atoms with Crippen LogP contribution in [0.15, 0.2) is 28.6 Å². The molecule has 1 N–H and O–H groups in total. The summed E-state index contributed by atoms with van der Waals surface area (Å²) in [7, 11) is 1.81. The predicted octanol–water partition coefficient (Wildman–Crippen LogP) is 3.55. The second-order valence-corrected chi connectivity index (χ2v) is 8.52. The first kappa shape index (κ1) is 20.3. The van der Waals surface area contributed by atoms with Crippen molar-refractivity contribution >= 4 is 50.8 Å². The summed E-state index contributed by atoms with van der Waals surface area (Å²) in [4.78, 5) is 30.9. The topological polar surface area (TPSA) is 80.1 Å². The number of hydrogen-bond donors (Lipinski definition) is 1. The van der Waals surface area contributed by atoms with Gasteiger partial charge >= 0.3 is 0 Å². The van der Waals surface area contributed by atoms with Crippen LogP contribution in [-0.4, -0.2) is 50.3 Å². The minimum Gasteiger partial charge on any atom is -0.343 e. The molecule has 2 aromatic heterocycles. The number of amides is 2. The Balaban J connectivity index is 1.68. The van der Waals surface area contributed by atoms with Gasteiger partial charge in [0.1, 0.15) is 0 Å². The minimum absolute atomic E-state index is 0.118. The number of aryl methyl sites for hydroxylation is 2. The Kier molecular flexibility index (Phi) is 6.35. The number of aromatic nitrogens is 3. The lowest BCUT2D eigenvalue weighted by Crippen LogP contribution is -2.31. The fourth-order valence-corrected chi connectivity index (χ4v) is 4.71. The van der Waals surface area contributed by atoms with Gasteiger partial charge in [-0.2, -0.15) is 5.10 Å². The number of thioether (sulfide) groups is 1. The molecular formula is C19H23N5O2S2. The number of anilines is 1. The summed E-state index contributed by atoms with van der Waals surface area (Å²) in [6, 6.07) is 7.35. The van der Waals surface area contributed by atoms with E-state index in [1.807, 2.05) is 43.9 Å². The minimum atomic E-state index is -0.244. The smallest absolute Gasteiger partial charge is 0.276 e. The highest BCUT2D eigenvalue weighted by atomic mass is 32.2. The molecule has 0 fully saturated rings. The van der Waals surface area contributed by atoms with E-state index in [9.17, 15) is 9.59 Å². The molecule has 1 aromatic carbocycles. The molecule has 2 heterocycles. The molecule has 0 radical (unpaired) electrons. The number of carbonyl (C=O) groups excluding carboxylic acids is 2. The fraction of sp³-hybridized carbons (Fsp3) is 0.368. The molecule has 0 unspecified atom stereocenters. The molecule has 0 saturated carbocycles. The zero-order chi connectivity index (χ0) is 20.3. The molecule has 0 aliphatic heterocycles. The Morgan fingerprint density at radius 1 is 1.25 bits per heavy atom. The van der Waals surface area contributed by atoms with Crippen LogP contribution in [-0.2, 0) is 11.8 Å². The SMILES string of the molecule is CCN(CC)C(=O)CSc1nc2ccc(NC(=O)c3cc(C)n(C)n3)cc2s1. The highest BCUT2D eigenvalue weighted by Crippen LogP contribution is 2.31. The quantitative estimate of drug-likeness (QED) is 0.595. The Morgan fingerprint density at radius 2 is 2.00 bits per heavy atom. The van der Waals surface area contributed by atoms with Crippen LogP contribution in [0.2, 0.25) is 0 Å². The van der Waals surface area contributed by atoms with Gasteiger partial charge < -0.3 is 10.2 Å². The normalized spacial score (nSPS) is 11.0. The molecule has 3 aromatic rings. The van der Waals surface area contributed by atoms with Gasteiger partial charge in [0.15, 0.2) is 10.0 Å². The molecule has 2 amide bonds. The van der Waals surface area contributed by atoms with Crippen LogP contribution < -0.4 is 5.32 Å². The van der Waals surface area contributed by atoms with E-state index in [2.05, 4.69) is 15.4 Å². The van der Waals surface area contributed by atoms with Crippen LogP contribution in [0.25, 0.3) is 10.2 Å². The van der Waals surface area contributed by atoms with E-state index in [0.29, 0.717) is 30.2 Å². The summed E-state index contributed by atoms with van der Waals surface area (Å²) in [5.41, 5.74) is 2.86. The fourth-order valence-electron chi connectivity index (χ4n) is 2.70. The lowest BCUT2D eigenvalue weighted by Gasteiger charge is -2.17. The first-order chi connectivity index (χ1) is 13.4. The Hall–Kier alpha value is -2.39.